The minimum Gasteiger partial charge on any atom is -0.471 e. The summed E-state index contributed by atoms with van der Waals surface area (Å²) < 4.78 is 15.8. The molecule has 0 bridgehead atoms. The van der Waals surface area contributed by atoms with Crippen LogP contribution in [0.2, 0.25) is 0 Å². The van der Waals surface area contributed by atoms with Crippen LogP contribution in [0.1, 0.15) is 81.0 Å². The van der Waals surface area contributed by atoms with E-state index < -0.39 is 0 Å². The highest BCUT2D eigenvalue weighted by molar-refractivity contribution is 6.08. The van der Waals surface area contributed by atoms with Crippen LogP contribution in [0.5, 0.6) is 11.5 Å². The van der Waals surface area contributed by atoms with Crippen LogP contribution in [-0.4, -0.2) is 26.5 Å². The molecule has 0 fully saturated rings. The number of aromatic nitrogens is 3. The lowest BCUT2D eigenvalue weighted by molar-refractivity contribution is 0.206. The van der Waals surface area contributed by atoms with E-state index in [1.165, 1.54) is 27.6 Å². The Morgan fingerprint density at radius 1 is 0.698 bits per heavy atom. The smallest absolute Gasteiger partial charge is 0.217 e. The Bertz CT molecular complexity index is 2590. The van der Waals surface area contributed by atoms with Crippen molar-refractivity contribution >= 4 is 27.8 Å². The lowest BCUT2D eigenvalue weighted by Gasteiger charge is -2.22. The van der Waals surface area contributed by atoms with Gasteiger partial charge in [0.2, 0.25) is 5.90 Å². The second-order valence-electron chi connectivity index (χ2n) is 16.7. The summed E-state index contributed by atoms with van der Waals surface area (Å²) in [5, 5.41) is 2.31. The van der Waals surface area contributed by atoms with Gasteiger partial charge in [0.1, 0.15) is 29.3 Å². The molecule has 6 heteroatoms. The average molecular weight is 697 g/mol. The maximum atomic E-state index is 6.88. The third kappa shape index (κ3) is 5.96. The molecule has 0 unspecified atom stereocenters. The fourth-order valence-electron chi connectivity index (χ4n) is 7.79. The number of aliphatic imine (C=N–C) groups is 1. The van der Waals surface area contributed by atoms with Crippen molar-refractivity contribution in [3.8, 4) is 28.4 Å². The van der Waals surface area contributed by atoms with E-state index in [-0.39, 0.29) is 23.0 Å². The quantitative estimate of drug-likeness (QED) is 0.180. The number of ether oxygens (including phenoxy) is 2. The minimum absolute atomic E-state index is 0.0206. The number of aryl methyl sites for hydroxylation is 1. The molecule has 0 spiro atoms. The molecule has 53 heavy (non-hydrogen) atoms. The highest BCUT2D eigenvalue weighted by Crippen LogP contribution is 2.43. The highest BCUT2D eigenvalue weighted by atomic mass is 16.5. The maximum absolute atomic E-state index is 6.88. The molecule has 0 saturated heterocycles. The van der Waals surface area contributed by atoms with Gasteiger partial charge in [0, 0.05) is 46.8 Å². The van der Waals surface area contributed by atoms with E-state index in [1.54, 1.807) is 0 Å². The van der Waals surface area contributed by atoms with Gasteiger partial charge in [-0.25, -0.2) is 9.98 Å². The first kappa shape index (κ1) is 33.1. The minimum atomic E-state index is -0.133. The normalized spacial score (nSPS) is 16.8. The molecule has 2 atom stereocenters. The van der Waals surface area contributed by atoms with Gasteiger partial charge >= 0.3 is 0 Å². The van der Waals surface area contributed by atoms with Crippen molar-refractivity contribution in [1.29, 1.82) is 0 Å². The molecule has 2 aliphatic rings. The molecule has 0 amide bonds. The van der Waals surface area contributed by atoms with E-state index in [2.05, 4.69) is 126 Å². The molecule has 264 valence electrons. The number of nitrogens with zero attached hydrogens (tertiary/aromatic N) is 4. The molecular formula is C47H44N4O2. The zero-order chi connectivity index (χ0) is 36.6. The van der Waals surface area contributed by atoms with Crippen LogP contribution >= 0.6 is 0 Å². The van der Waals surface area contributed by atoms with E-state index in [0.717, 1.165) is 56.8 Å². The van der Waals surface area contributed by atoms with Crippen molar-refractivity contribution in [3.63, 3.8) is 0 Å². The van der Waals surface area contributed by atoms with Gasteiger partial charge in [-0.1, -0.05) is 77.4 Å². The van der Waals surface area contributed by atoms with Crippen molar-refractivity contribution < 1.29 is 9.47 Å². The molecule has 6 nitrogen and oxygen atoms in total. The lowest BCUT2D eigenvalue weighted by atomic mass is 9.85. The summed E-state index contributed by atoms with van der Waals surface area (Å²) in [6, 6.07) is 36.3. The Kier molecular flexibility index (Phi) is 7.60. The summed E-state index contributed by atoms with van der Waals surface area (Å²) in [4.78, 5) is 14.8. The van der Waals surface area contributed by atoms with Crippen LogP contribution in [0.4, 0.5) is 0 Å². The number of fused-ring (bicyclic) bond motifs is 6. The second-order valence-corrected chi connectivity index (χ2v) is 16.7. The SMILES string of the molecule is Cc1ccc2c(c1)c1cccnc1n2-c1cc(Oc2cc(C3=N[C@@H]4c5ccc(C(C)(C)C)cc5C[C@@H]4O3)cc(-c3ccccn3)c2)cc(C(C)(C)C)c1. The predicted molar refractivity (Wildman–Crippen MR) is 215 cm³/mol. The van der Waals surface area contributed by atoms with Crippen LogP contribution in [0.25, 0.3) is 38.9 Å². The molecule has 1 aliphatic heterocycles. The van der Waals surface area contributed by atoms with Gasteiger partial charge in [-0.15, -0.1) is 0 Å². The van der Waals surface area contributed by atoms with E-state index in [0.29, 0.717) is 11.6 Å². The van der Waals surface area contributed by atoms with Crippen LogP contribution < -0.4 is 4.74 Å². The molecule has 0 N–H and O–H groups in total. The number of hydrogen-bond acceptors (Lipinski definition) is 5. The Morgan fingerprint density at radius 2 is 1.49 bits per heavy atom. The van der Waals surface area contributed by atoms with E-state index >= 15 is 0 Å². The van der Waals surface area contributed by atoms with Gasteiger partial charge in [-0.2, -0.15) is 0 Å². The summed E-state index contributed by atoms with van der Waals surface area (Å²) in [5.41, 5.74) is 12.0. The van der Waals surface area contributed by atoms with Gasteiger partial charge in [0.25, 0.3) is 0 Å². The van der Waals surface area contributed by atoms with Gasteiger partial charge in [0.05, 0.1) is 16.9 Å². The van der Waals surface area contributed by atoms with E-state index in [4.69, 9.17) is 24.4 Å². The largest absolute Gasteiger partial charge is 0.471 e. The predicted octanol–water partition coefficient (Wildman–Crippen LogP) is 11.4. The topological polar surface area (TPSA) is 61.5 Å². The molecule has 7 aromatic rings. The standard InChI is InChI=1S/C47H44N4O2/c1-28-13-16-41-39(19-28)38-11-10-18-49-44(38)51(41)34-25-33(47(5,6)7)26-36(27-34)52-35-22-30(40-12-8-9-17-48-40)20-31(23-35)45-50-43-37-15-14-32(46(2,3)4)21-29(37)24-42(43)53-45/h8-23,25-27,42-43H,24H2,1-7H3/t42-,43+/m0/s1. The van der Waals surface area contributed by atoms with Crippen molar-refractivity contribution in [2.24, 2.45) is 4.99 Å². The molecule has 0 saturated carbocycles. The zero-order valence-corrected chi connectivity index (χ0v) is 31.4. The second kappa shape index (κ2) is 12.2. The number of hydrogen-bond donors (Lipinski definition) is 0. The van der Waals surface area contributed by atoms with E-state index in [9.17, 15) is 0 Å². The first-order valence-corrected chi connectivity index (χ1v) is 18.5. The van der Waals surface area contributed by atoms with Gasteiger partial charge < -0.3 is 9.47 Å². The monoisotopic (exact) mass is 696 g/mol. The summed E-state index contributed by atoms with van der Waals surface area (Å²) in [6.45, 7) is 15.6. The number of pyridine rings is 2. The van der Waals surface area contributed by atoms with Gasteiger partial charge in [-0.05, 0) is 107 Å². The Hall–Kier alpha value is -5.75. The fourth-order valence-corrected chi connectivity index (χ4v) is 7.79. The van der Waals surface area contributed by atoms with Gasteiger partial charge in [-0.3, -0.25) is 9.55 Å². The summed E-state index contributed by atoms with van der Waals surface area (Å²) in [5.74, 6) is 2.07. The van der Waals surface area contributed by atoms with Crippen LogP contribution in [0.3, 0.4) is 0 Å². The van der Waals surface area contributed by atoms with E-state index in [1.807, 2.05) is 42.7 Å². The zero-order valence-electron chi connectivity index (χ0n) is 31.4. The average Bonchev–Trinajstić information content (AvgIpc) is 3.80. The molecule has 9 rings (SSSR count). The summed E-state index contributed by atoms with van der Waals surface area (Å²) in [7, 11) is 0. The number of benzene rings is 4. The third-order valence-corrected chi connectivity index (χ3v) is 10.7. The molecule has 4 aromatic carbocycles. The molecule has 4 heterocycles. The van der Waals surface area contributed by atoms with Crippen molar-refractivity contribution in [2.45, 2.75) is 77.9 Å². The Balaban J connectivity index is 1.14. The van der Waals surface area contributed by atoms with Gasteiger partial charge in [0.15, 0.2) is 0 Å². The Morgan fingerprint density at radius 3 is 2.28 bits per heavy atom. The fraction of sp³-hybridized carbons (Fsp3) is 0.255. The van der Waals surface area contributed by atoms with Crippen molar-refractivity contribution in [2.75, 3.05) is 0 Å². The summed E-state index contributed by atoms with van der Waals surface area (Å²) >= 11 is 0. The van der Waals surface area contributed by atoms with Crippen molar-refractivity contribution in [1.82, 2.24) is 14.5 Å². The molecule has 3 aromatic heterocycles. The first-order valence-electron chi connectivity index (χ1n) is 18.5. The molecule has 0 radical (unpaired) electrons. The first-order chi connectivity index (χ1) is 25.4. The third-order valence-electron chi connectivity index (χ3n) is 10.7. The number of rotatable bonds is 5. The van der Waals surface area contributed by atoms with Crippen LogP contribution in [0.15, 0.2) is 121 Å². The summed E-state index contributed by atoms with van der Waals surface area (Å²) in [6.07, 6.45) is 4.51. The van der Waals surface area contributed by atoms with Crippen LogP contribution in [0, 0.1) is 6.92 Å². The molecular weight excluding hydrogens is 653 g/mol. The maximum Gasteiger partial charge on any atom is 0.217 e. The molecule has 1 aliphatic carbocycles. The van der Waals surface area contributed by atoms with Crippen molar-refractivity contribution in [3.05, 3.63) is 149 Å². The van der Waals surface area contributed by atoms with Crippen LogP contribution in [-0.2, 0) is 22.0 Å². The lowest BCUT2D eigenvalue weighted by Crippen LogP contribution is -2.14. The Labute approximate surface area is 311 Å². The highest BCUT2D eigenvalue weighted by Gasteiger charge is 2.40.